The molecule has 0 amide bonds. The molecule has 0 radical (unpaired) electrons. The van der Waals surface area contributed by atoms with Crippen LogP contribution in [-0.2, 0) is 9.57 Å². The van der Waals surface area contributed by atoms with Gasteiger partial charge in [-0.2, -0.15) is 5.48 Å². The van der Waals surface area contributed by atoms with E-state index in [4.69, 9.17) is 9.57 Å². The van der Waals surface area contributed by atoms with Crippen LogP contribution in [0.1, 0.15) is 13.8 Å². The average molecular weight is 188 g/mol. The SMILES string of the molecule is CCONCC1CN(CC)CCO1. The van der Waals surface area contributed by atoms with Gasteiger partial charge in [0.25, 0.3) is 0 Å². The molecule has 0 aromatic rings. The molecule has 4 nitrogen and oxygen atoms in total. The lowest BCUT2D eigenvalue weighted by atomic mass is 10.3. The monoisotopic (exact) mass is 188 g/mol. The van der Waals surface area contributed by atoms with E-state index in [-0.39, 0.29) is 6.10 Å². The number of likely N-dealkylation sites (N-methyl/N-ethyl adjacent to an activating group) is 1. The fourth-order valence-corrected chi connectivity index (χ4v) is 1.45. The fraction of sp³-hybridized carbons (Fsp3) is 1.00. The van der Waals surface area contributed by atoms with Crippen LogP contribution in [0.4, 0.5) is 0 Å². The van der Waals surface area contributed by atoms with E-state index in [1.165, 1.54) is 0 Å². The van der Waals surface area contributed by atoms with Crippen LogP contribution < -0.4 is 5.48 Å². The molecule has 13 heavy (non-hydrogen) atoms. The first-order chi connectivity index (χ1) is 6.36. The standard InChI is InChI=1S/C9H20N2O2/c1-3-11-5-6-12-9(8-11)7-10-13-4-2/h9-10H,3-8H2,1-2H3. The summed E-state index contributed by atoms with van der Waals surface area (Å²) in [5, 5.41) is 0. The van der Waals surface area contributed by atoms with Crippen molar-refractivity contribution in [3.8, 4) is 0 Å². The molecule has 4 heteroatoms. The molecule has 1 N–H and O–H groups in total. The second-order valence-electron chi connectivity index (χ2n) is 3.17. The van der Waals surface area contributed by atoms with Gasteiger partial charge in [0.1, 0.15) is 0 Å². The van der Waals surface area contributed by atoms with E-state index in [9.17, 15) is 0 Å². The molecular formula is C9H20N2O2. The molecule has 1 fully saturated rings. The van der Waals surface area contributed by atoms with Crippen LogP contribution in [0.3, 0.4) is 0 Å². The summed E-state index contributed by atoms with van der Waals surface area (Å²) in [5.41, 5.74) is 2.90. The van der Waals surface area contributed by atoms with E-state index >= 15 is 0 Å². The molecule has 1 aliphatic heterocycles. The van der Waals surface area contributed by atoms with E-state index in [2.05, 4.69) is 17.3 Å². The lowest BCUT2D eigenvalue weighted by Crippen LogP contribution is -2.46. The molecular weight excluding hydrogens is 168 g/mol. The summed E-state index contributed by atoms with van der Waals surface area (Å²) in [6.45, 7) is 9.64. The highest BCUT2D eigenvalue weighted by atomic mass is 16.6. The summed E-state index contributed by atoms with van der Waals surface area (Å²) in [5.74, 6) is 0. The van der Waals surface area contributed by atoms with Crippen LogP contribution >= 0.6 is 0 Å². The van der Waals surface area contributed by atoms with Gasteiger partial charge in [0.15, 0.2) is 0 Å². The molecule has 1 aliphatic rings. The maximum absolute atomic E-state index is 5.57. The zero-order chi connectivity index (χ0) is 9.52. The molecule has 1 saturated heterocycles. The summed E-state index contributed by atoms with van der Waals surface area (Å²) < 4.78 is 5.57. The summed E-state index contributed by atoms with van der Waals surface area (Å²) >= 11 is 0. The van der Waals surface area contributed by atoms with Gasteiger partial charge in [-0.05, 0) is 13.5 Å². The Morgan fingerprint density at radius 3 is 3.08 bits per heavy atom. The number of rotatable bonds is 5. The molecule has 0 aliphatic carbocycles. The third-order valence-corrected chi connectivity index (χ3v) is 2.23. The zero-order valence-electron chi connectivity index (χ0n) is 8.58. The fourth-order valence-electron chi connectivity index (χ4n) is 1.45. The van der Waals surface area contributed by atoms with Crippen LogP contribution in [0.25, 0.3) is 0 Å². The molecule has 0 spiro atoms. The average Bonchev–Trinajstić information content (AvgIpc) is 2.19. The Kier molecular flexibility index (Phi) is 5.31. The first-order valence-corrected chi connectivity index (χ1v) is 5.05. The minimum Gasteiger partial charge on any atom is -0.374 e. The molecule has 1 unspecified atom stereocenters. The van der Waals surface area contributed by atoms with Crippen molar-refractivity contribution in [2.24, 2.45) is 0 Å². The van der Waals surface area contributed by atoms with Gasteiger partial charge >= 0.3 is 0 Å². The van der Waals surface area contributed by atoms with Crippen molar-refractivity contribution in [3.63, 3.8) is 0 Å². The lowest BCUT2D eigenvalue weighted by molar-refractivity contribution is -0.0533. The number of nitrogens with one attached hydrogen (secondary N) is 1. The van der Waals surface area contributed by atoms with E-state index in [0.717, 1.165) is 32.8 Å². The van der Waals surface area contributed by atoms with E-state index in [0.29, 0.717) is 6.61 Å². The number of hydroxylamine groups is 1. The molecule has 0 aromatic heterocycles. The zero-order valence-corrected chi connectivity index (χ0v) is 8.58. The van der Waals surface area contributed by atoms with Gasteiger partial charge in [-0.1, -0.05) is 6.92 Å². The number of hydrogen-bond donors (Lipinski definition) is 1. The van der Waals surface area contributed by atoms with Crippen LogP contribution in [0.2, 0.25) is 0 Å². The molecule has 1 rings (SSSR count). The van der Waals surface area contributed by atoms with Crippen LogP contribution in [0.15, 0.2) is 0 Å². The third-order valence-electron chi connectivity index (χ3n) is 2.23. The maximum Gasteiger partial charge on any atom is 0.0849 e. The number of ether oxygens (including phenoxy) is 1. The van der Waals surface area contributed by atoms with Crippen LogP contribution in [0, 0.1) is 0 Å². The van der Waals surface area contributed by atoms with Crippen molar-refractivity contribution in [2.45, 2.75) is 20.0 Å². The maximum atomic E-state index is 5.57. The van der Waals surface area contributed by atoms with Crippen molar-refractivity contribution in [2.75, 3.05) is 39.4 Å². The van der Waals surface area contributed by atoms with Gasteiger partial charge in [0.05, 0.1) is 19.3 Å². The lowest BCUT2D eigenvalue weighted by Gasteiger charge is -2.31. The highest BCUT2D eigenvalue weighted by Crippen LogP contribution is 2.03. The largest absolute Gasteiger partial charge is 0.374 e. The number of nitrogens with zero attached hydrogens (tertiary/aromatic N) is 1. The minimum absolute atomic E-state index is 0.278. The highest BCUT2D eigenvalue weighted by molar-refractivity contribution is 4.70. The van der Waals surface area contributed by atoms with Crippen molar-refractivity contribution in [3.05, 3.63) is 0 Å². The third kappa shape index (κ3) is 4.04. The Labute approximate surface area is 80.1 Å². The van der Waals surface area contributed by atoms with Gasteiger partial charge in [-0.15, -0.1) is 0 Å². The molecule has 78 valence electrons. The molecule has 1 atom stereocenters. The van der Waals surface area contributed by atoms with Crippen molar-refractivity contribution < 1.29 is 9.57 Å². The van der Waals surface area contributed by atoms with E-state index in [1.54, 1.807) is 0 Å². The van der Waals surface area contributed by atoms with Crippen LogP contribution in [-0.4, -0.2) is 50.4 Å². The quantitative estimate of drug-likeness (QED) is 0.495. The number of morpholine rings is 1. The molecule has 0 saturated carbocycles. The number of hydrogen-bond acceptors (Lipinski definition) is 4. The van der Waals surface area contributed by atoms with Gasteiger partial charge in [0, 0.05) is 19.6 Å². The minimum atomic E-state index is 0.278. The summed E-state index contributed by atoms with van der Waals surface area (Å²) in [7, 11) is 0. The second-order valence-corrected chi connectivity index (χ2v) is 3.17. The Bertz CT molecular complexity index is 133. The van der Waals surface area contributed by atoms with Crippen molar-refractivity contribution >= 4 is 0 Å². The van der Waals surface area contributed by atoms with E-state index in [1.807, 2.05) is 6.92 Å². The molecule has 0 aromatic carbocycles. The first-order valence-electron chi connectivity index (χ1n) is 5.05. The second kappa shape index (κ2) is 6.32. The van der Waals surface area contributed by atoms with Crippen LogP contribution in [0.5, 0.6) is 0 Å². The van der Waals surface area contributed by atoms with Crippen molar-refractivity contribution in [1.29, 1.82) is 0 Å². The predicted octanol–water partition coefficient (Wildman–Crippen LogP) is 0.248. The van der Waals surface area contributed by atoms with E-state index < -0.39 is 0 Å². The Morgan fingerprint density at radius 1 is 1.54 bits per heavy atom. The highest BCUT2D eigenvalue weighted by Gasteiger charge is 2.18. The Hall–Kier alpha value is -0.160. The molecule has 0 bridgehead atoms. The van der Waals surface area contributed by atoms with Gasteiger partial charge < -0.3 is 9.57 Å². The normalized spacial score (nSPS) is 24.9. The Morgan fingerprint density at radius 2 is 2.38 bits per heavy atom. The summed E-state index contributed by atoms with van der Waals surface area (Å²) in [6.07, 6.45) is 0.278. The van der Waals surface area contributed by atoms with Crippen molar-refractivity contribution in [1.82, 2.24) is 10.4 Å². The summed E-state index contributed by atoms with van der Waals surface area (Å²) in [4.78, 5) is 7.45. The van der Waals surface area contributed by atoms with Gasteiger partial charge in [-0.3, -0.25) is 4.90 Å². The van der Waals surface area contributed by atoms with Gasteiger partial charge in [0.2, 0.25) is 0 Å². The predicted molar refractivity (Wildman–Crippen MR) is 51.5 cm³/mol. The first kappa shape index (κ1) is 10.9. The summed E-state index contributed by atoms with van der Waals surface area (Å²) in [6, 6.07) is 0. The topological polar surface area (TPSA) is 33.7 Å². The molecule has 1 heterocycles. The Balaban J connectivity index is 2.11. The smallest absolute Gasteiger partial charge is 0.0849 e. The van der Waals surface area contributed by atoms with Gasteiger partial charge in [-0.25, -0.2) is 0 Å².